The number of hydrogen-bond acceptors (Lipinski definition) is 3. The van der Waals surface area contributed by atoms with Crippen LogP contribution in [0.15, 0.2) is 68.6 Å². The highest BCUT2D eigenvalue weighted by atomic mass is 79.9. The molecular formula is C20H14Br2N2O. The minimum atomic E-state index is 0.221. The van der Waals surface area contributed by atoms with Gasteiger partial charge in [0.05, 0.1) is 16.2 Å². The first-order chi connectivity index (χ1) is 12.2. The second-order valence-corrected chi connectivity index (χ2v) is 8.12. The maximum absolute atomic E-state index is 5.93. The molecule has 1 atom stereocenters. The molecule has 0 fully saturated rings. The second-order valence-electron chi connectivity index (χ2n) is 6.35. The predicted octanol–water partition coefficient (Wildman–Crippen LogP) is 5.87. The summed E-state index contributed by atoms with van der Waals surface area (Å²) in [5.41, 5.74) is 3.47. The fourth-order valence-corrected chi connectivity index (χ4v) is 4.97. The van der Waals surface area contributed by atoms with E-state index in [1.165, 1.54) is 21.9 Å². The SMILES string of the molecule is Brc1cc(Br)c2c(c1)[C@H]1CC(c3ccc4ccccc4c3)=NN1CO2. The largest absolute Gasteiger partial charge is 0.470 e. The lowest BCUT2D eigenvalue weighted by Crippen LogP contribution is -2.29. The van der Waals surface area contributed by atoms with Gasteiger partial charge in [-0.2, -0.15) is 5.10 Å². The summed E-state index contributed by atoms with van der Waals surface area (Å²) in [5.74, 6) is 0.930. The first-order valence-corrected chi connectivity index (χ1v) is 9.73. The number of halogens is 2. The first kappa shape index (κ1) is 15.4. The van der Waals surface area contributed by atoms with Crippen molar-refractivity contribution in [1.82, 2.24) is 5.01 Å². The molecule has 0 aliphatic carbocycles. The lowest BCUT2D eigenvalue weighted by atomic mass is 9.96. The maximum atomic E-state index is 5.93. The highest BCUT2D eigenvalue weighted by Crippen LogP contribution is 2.45. The zero-order valence-corrected chi connectivity index (χ0v) is 16.4. The number of ether oxygens (including phenoxy) is 1. The number of benzene rings is 3. The van der Waals surface area contributed by atoms with Gasteiger partial charge in [-0.15, -0.1) is 0 Å². The Morgan fingerprint density at radius 3 is 2.72 bits per heavy atom. The molecule has 0 unspecified atom stereocenters. The van der Waals surface area contributed by atoms with Crippen LogP contribution in [0.4, 0.5) is 0 Å². The van der Waals surface area contributed by atoms with Gasteiger partial charge >= 0.3 is 0 Å². The van der Waals surface area contributed by atoms with E-state index in [1.54, 1.807) is 0 Å². The molecule has 124 valence electrons. The van der Waals surface area contributed by atoms with Gasteiger partial charge in [-0.1, -0.05) is 52.3 Å². The molecule has 2 aliphatic heterocycles. The van der Waals surface area contributed by atoms with Gasteiger partial charge in [0.2, 0.25) is 0 Å². The Balaban J connectivity index is 1.54. The molecule has 0 saturated heterocycles. The third-order valence-electron chi connectivity index (χ3n) is 4.82. The molecule has 0 N–H and O–H groups in total. The summed E-state index contributed by atoms with van der Waals surface area (Å²) in [6.45, 7) is 0.481. The Morgan fingerprint density at radius 1 is 1.00 bits per heavy atom. The Labute approximate surface area is 162 Å². The molecule has 0 amide bonds. The monoisotopic (exact) mass is 456 g/mol. The average Bonchev–Trinajstić information content (AvgIpc) is 3.06. The Morgan fingerprint density at radius 2 is 1.84 bits per heavy atom. The molecule has 0 bridgehead atoms. The van der Waals surface area contributed by atoms with E-state index in [0.29, 0.717) is 6.73 Å². The minimum absolute atomic E-state index is 0.221. The Bertz CT molecular complexity index is 1030. The molecule has 3 aromatic rings. The van der Waals surface area contributed by atoms with Crippen molar-refractivity contribution in [3.8, 4) is 5.75 Å². The van der Waals surface area contributed by atoms with Gasteiger partial charge in [-0.25, -0.2) is 0 Å². The van der Waals surface area contributed by atoms with Crippen molar-refractivity contribution >= 4 is 48.3 Å². The van der Waals surface area contributed by atoms with Crippen molar-refractivity contribution in [1.29, 1.82) is 0 Å². The predicted molar refractivity (Wildman–Crippen MR) is 107 cm³/mol. The molecule has 3 aromatic carbocycles. The highest BCUT2D eigenvalue weighted by molar-refractivity contribution is 9.11. The van der Waals surface area contributed by atoms with Crippen molar-refractivity contribution in [3.63, 3.8) is 0 Å². The molecule has 5 rings (SSSR count). The summed E-state index contributed by atoms with van der Waals surface area (Å²) in [7, 11) is 0. The number of rotatable bonds is 1. The molecule has 25 heavy (non-hydrogen) atoms. The van der Waals surface area contributed by atoms with Gasteiger partial charge < -0.3 is 4.74 Å². The van der Waals surface area contributed by atoms with Crippen LogP contribution in [0.1, 0.15) is 23.6 Å². The highest BCUT2D eigenvalue weighted by Gasteiger charge is 2.35. The van der Waals surface area contributed by atoms with E-state index in [2.05, 4.69) is 80.4 Å². The fraction of sp³-hybridized carbons (Fsp3) is 0.150. The van der Waals surface area contributed by atoms with Gasteiger partial charge in [0.1, 0.15) is 5.75 Å². The molecule has 0 radical (unpaired) electrons. The van der Waals surface area contributed by atoms with Crippen molar-refractivity contribution in [2.45, 2.75) is 12.5 Å². The third kappa shape index (κ3) is 2.57. The van der Waals surface area contributed by atoms with Gasteiger partial charge in [0.15, 0.2) is 6.73 Å². The van der Waals surface area contributed by atoms with Crippen LogP contribution in [0, 0.1) is 0 Å². The standard InChI is InChI=1S/C20H14Br2N2O/c21-15-8-16-19-10-18(23-24(19)11-25-20(16)17(22)9-15)14-6-5-12-3-1-2-4-13(12)7-14/h1-9,19H,10-11H2/t19-/m1/s1. The second kappa shape index (κ2) is 5.85. The summed E-state index contributed by atoms with van der Waals surface area (Å²) in [6, 6.07) is 19.4. The van der Waals surface area contributed by atoms with E-state index in [1.807, 2.05) is 11.1 Å². The number of fused-ring (bicyclic) bond motifs is 4. The number of hydrazone groups is 1. The van der Waals surface area contributed by atoms with Crippen LogP contribution in [0.5, 0.6) is 5.75 Å². The number of nitrogens with zero attached hydrogens (tertiary/aromatic N) is 2. The molecule has 3 nitrogen and oxygen atoms in total. The van der Waals surface area contributed by atoms with E-state index in [0.717, 1.165) is 26.8 Å². The molecule has 2 heterocycles. The van der Waals surface area contributed by atoms with Gasteiger partial charge in [0, 0.05) is 16.5 Å². The molecular weight excluding hydrogens is 444 g/mol. The summed E-state index contributed by atoms with van der Waals surface area (Å²) < 4.78 is 7.96. The normalized spacial score (nSPS) is 18.6. The summed E-state index contributed by atoms with van der Waals surface area (Å²) in [6.07, 6.45) is 0.887. The van der Waals surface area contributed by atoms with Crippen molar-refractivity contribution in [2.24, 2.45) is 5.10 Å². The lowest BCUT2D eigenvalue weighted by Gasteiger charge is -2.31. The van der Waals surface area contributed by atoms with E-state index in [9.17, 15) is 0 Å². The van der Waals surface area contributed by atoms with Crippen LogP contribution in [0.25, 0.3) is 10.8 Å². The number of hydrogen-bond donors (Lipinski definition) is 0. The van der Waals surface area contributed by atoms with E-state index < -0.39 is 0 Å². The first-order valence-electron chi connectivity index (χ1n) is 8.14. The average molecular weight is 458 g/mol. The lowest BCUT2D eigenvalue weighted by molar-refractivity contribution is 0.0741. The van der Waals surface area contributed by atoms with Crippen LogP contribution in [-0.2, 0) is 0 Å². The van der Waals surface area contributed by atoms with Crippen molar-refractivity contribution in [3.05, 3.63) is 74.7 Å². The quantitative estimate of drug-likeness (QED) is 0.456. The molecule has 2 aliphatic rings. The Hall–Kier alpha value is -1.85. The minimum Gasteiger partial charge on any atom is -0.470 e. The fourth-order valence-electron chi connectivity index (χ4n) is 3.60. The van der Waals surface area contributed by atoms with E-state index >= 15 is 0 Å². The van der Waals surface area contributed by atoms with Crippen LogP contribution in [0.2, 0.25) is 0 Å². The zero-order valence-electron chi connectivity index (χ0n) is 13.2. The summed E-state index contributed by atoms with van der Waals surface area (Å²) in [4.78, 5) is 0. The molecule has 5 heteroatoms. The smallest absolute Gasteiger partial charge is 0.177 e. The van der Waals surface area contributed by atoms with Gasteiger partial charge in [-0.3, -0.25) is 5.01 Å². The van der Waals surface area contributed by atoms with E-state index in [4.69, 9.17) is 9.84 Å². The maximum Gasteiger partial charge on any atom is 0.177 e. The van der Waals surface area contributed by atoms with Crippen LogP contribution >= 0.6 is 31.9 Å². The van der Waals surface area contributed by atoms with Gasteiger partial charge in [-0.05, 0) is 50.5 Å². The van der Waals surface area contributed by atoms with Crippen LogP contribution < -0.4 is 4.74 Å². The molecule has 0 aromatic heterocycles. The third-order valence-corrected chi connectivity index (χ3v) is 5.86. The molecule has 0 saturated carbocycles. The van der Waals surface area contributed by atoms with Gasteiger partial charge in [0.25, 0.3) is 0 Å². The summed E-state index contributed by atoms with van der Waals surface area (Å²) >= 11 is 7.19. The molecule has 0 spiro atoms. The zero-order chi connectivity index (χ0) is 17.0. The van der Waals surface area contributed by atoms with E-state index in [-0.39, 0.29) is 6.04 Å². The van der Waals surface area contributed by atoms with Crippen molar-refractivity contribution < 1.29 is 4.74 Å². The van der Waals surface area contributed by atoms with Crippen LogP contribution in [-0.4, -0.2) is 17.5 Å². The summed E-state index contributed by atoms with van der Waals surface area (Å²) in [5, 5.41) is 9.39. The Kier molecular flexibility index (Phi) is 3.61. The van der Waals surface area contributed by atoms with Crippen molar-refractivity contribution in [2.75, 3.05) is 6.73 Å². The topological polar surface area (TPSA) is 24.8 Å². The van der Waals surface area contributed by atoms with Crippen LogP contribution in [0.3, 0.4) is 0 Å².